The van der Waals surface area contributed by atoms with E-state index in [1.54, 1.807) is 0 Å². The molecule has 3 aromatic carbocycles. The molecule has 2 fully saturated rings. The van der Waals surface area contributed by atoms with Crippen molar-refractivity contribution in [1.82, 2.24) is 0 Å². The van der Waals surface area contributed by atoms with E-state index in [1.165, 1.54) is 11.1 Å². The van der Waals surface area contributed by atoms with Crippen molar-refractivity contribution in [3.8, 4) is 0 Å². The zero-order valence-electron chi connectivity index (χ0n) is 33.4. The molecule has 0 aromatic heterocycles. The molecule has 2 saturated carbocycles. The zero-order chi connectivity index (χ0) is 38.2. The fourth-order valence-electron chi connectivity index (χ4n) is 9.48. The Bertz CT molecular complexity index is 1520. The Labute approximate surface area is 319 Å². The van der Waals surface area contributed by atoms with Crippen molar-refractivity contribution in [2.45, 2.75) is 142 Å². The number of hydrogen-bond donors (Lipinski definition) is 0. The lowest BCUT2D eigenvalue weighted by molar-refractivity contribution is -0.178. The van der Waals surface area contributed by atoms with Crippen LogP contribution in [-0.4, -0.2) is 29.9 Å². The summed E-state index contributed by atoms with van der Waals surface area (Å²) in [7, 11) is 0. The molecule has 3 aromatic rings. The second-order valence-electron chi connectivity index (χ2n) is 17.5. The van der Waals surface area contributed by atoms with Crippen LogP contribution >= 0.6 is 0 Å². The highest BCUT2D eigenvalue weighted by Gasteiger charge is 2.49. The Morgan fingerprint density at radius 1 is 0.623 bits per heavy atom. The summed E-state index contributed by atoms with van der Waals surface area (Å²) >= 11 is 0. The molecule has 2 aliphatic carbocycles. The van der Waals surface area contributed by atoms with Crippen molar-refractivity contribution >= 4 is 17.7 Å². The first kappa shape index (κ1) is 40.5. The molecule has 0 unspecified atom stereocenters. The van der Waals surface area contributed by atoms with Gasteiger partial charge in [0.2, 0.25) is 0 Å². The summed E-state index contributed by atoms with van der Waals surface area (Å²) < 4.78 is 13.3. The van der Waals surface area contributed by atoms with E-state index in [1.807, 2.05) is 42.5 Å². The van der Waals surface area contributed by atoms with Gasteiger partial charge in [-0.25, -0.2) is 0 Å². The Kier molecular flexibility index (Phi) is 13.8. The molecular formula is C48H64O5. The molecule has 0 N–H and O–H groups in total. The monoisotopic (exact) mass is 720 g/mol. The SMILES string of the molecule is CCCCCC(=O)[C@H](c1ccccc1)C(C(=O)O[C@@H]1C[C@H](C)CC[C@H]1C(C)(C)c1ccccc1)C(=O)O[C@@H]1C[C@H](C)CC[C@H]1C(C)(C)c1ccccc1. The van der Waals surface area contributed by atoms with Gasteiger partial charge in [0.15, 0.2) is 5.92 Å². The highest BCUT2D eigenvalue weighted by Crippen LogP contribution is 2.46. The molecule has 5 nitrogen and oxygen atoms in total. The molecule has 7 atom stereocenters. The van der Waals surface area contributed by atoms with Crippen LogP contribution in [0.2, 0.25) is 0 Å². The minimum atomic E-state index is -1.40. The second kappa shape index (κ2) is 18.1. The third-order valence-corrected chi connectivity index (χ3v) is 12.9. The van der Waals surface area contributed by atoms with Crippen molar-refractivity contribution in [2.24, 2.45) is 29.6 Å². The Morgan fingerprint density at radius 2 is 1.04 bits per heavy atom. The molecule has 5 heteroatoms. The summed E-state index contributed by atoms with van der Waals surface area (Å²) in [6.45, 7) is 15.5. The zero-order valence-corrected chi connectivity index (χ0v) is 33.4. The third kappa shape index (κ3) is 9.69. The summed E-state index contributed by atoms with van der Waals surface area (Å²) in [6, 6.07) is 30.2. The van der Waals surface area contributed by atoms with Gasteiger partial charge in [0.05, 0.1) is 5.92 Å². The number of unbranched alkanes of at least 4 members (excludes halogenated alkanes) is 2. The van der Waals surface area contributed by atoms with E-state index in [0.29, 0.717) is 43.1 Å². The van der Waals surface area contributed by atoms with Crippen LogP contribution in [0.3, 0.4) is 0 Å². The number of Topliss-reactive ketones (excluding diaryl/α,β-unsaturated/α-hetero) is 1. The topological polar surface area (TPSA) is 69.7 Å². The maximum atomic E-state index is 14.9. The number of carbonyl (C=O) groups excluding carboxylic acids is 3. The first-order valence-electron chi connectivity index (χ1n) is 20.4. The standard InChI is InChI=1S/C48H64O5/c1-8-9-13-26-40(49)43(35-20-14-10-15-21-35)44(45(50)52-41-31-33(2)27-29-38(41)47(4,5)36-22-16-11-17-23-36)46(51)53-42-32-34(3)28-30-39(42)48(6,7)37-24-18-12-19-25-37/h10-12,14-25,33-34,38-39,41-44H,8-9,13,26-32H2,1-7H3/t33-,34-,38-,39-,41-,42-,43+/m1/s1. The average Bonchev–Trinajstić information content (AvgIpc) is 3.14. The molecule has 53 heavy (non-hydrogen) atoms. The van der Waals surface area contributed by atoms with Gasteiger partial charge in [0.1, 0.15) is 18.0 Å². The van der Waals surface area contributed by atoms with E-state index >= 15 is 0 Å². The Morgan fingerprint density at radius 3 is 1.45 bits per heavy atom. The van der Waals surface area contributed by atoms with Crippen LogP contribution in [0, 0.1) is 29.6 Å². The molecule has 0 heterocycles. The average molecular weight is 721 g/mol. The highest BCUT2D eigenvalue weighted by atomic mass is 16.6. The van der Waals surface area contributed by atoms with E-state index in [0.717, 1.165) is 38.5 Å². The number of ketones is 1. The van der Waals surface area contributed by atoms with Gasteiger partial charge < -0.3 is 9.47 Å². The van der Waals surface area contributed by atoms with Crippen LogP contribution < -0.4 is 0 Å². The van der Waals surface area contributed by atoms with Gasteiger partial charge in [-0.3, -0.25) is 14.4 Å². The third-order valence-electron chi connectivity index (χ3n) is 12.9. The molecule has 286 valence electrons. The number of hydrogen-bond acceptors (Lipinski definition) is 5. The van der Waals surface area contributed by atoms with Crippen LogP contribution in [0.25, 0.3) is 0 Å². The van der Waals surface area contributed by atoms with Gasteiger partial charge in [0, 0.05) is 18.3 Å². The highest BCUT2D eigenvalue weighted by molar-refractivity contribution is 6.03. The first-order valence-corrected chi connectivity index (χ1v) is 20.4. The summed E-state index contributed by atoms with van der Waals surface area (Å²) in [5.74, 6) is -2.94. The second-order valence-corrected chi connectivity index (χ2v) is 17.5. The summed E-state index contributed by atoms with van der Waals surface area (Å²) in [5, 5.41) is 0. The van der Waals surface area contributed by atoms with Gasteiger partial charge in [-0.15, -0.1) is 0 Å². The van der Waals surface area contributed by atoms with E-state index in [2.05, 4.69) is 97.0 Å². The van der Waals surface area contributed by atoms with Crippen molar-refractivity contribution in [3.63, 3.8) is 0 Å². The predicted octanol–water partition coefficient (Wildman–Crippen LogP) is 11.2. The number of esters is 2. The van der Waals surface area contributed by atoms with Crippen molar-refractivity contribution in [2.75, 3.05) is 0 Å². The number of carbonyl (C=O) groups is 3. The Hall–Kier alpha value is -3.73. The quantitative estimate of drug-likeness (QED) is 0.0888. The Balaban J connectivity index is 1.53. The summed E-state index contributed by atoms with van der Waals surface area (Å²) in [6.07, 6.45) is 7.38. The van der Waals surface area contributed by atoms with Crippen LogP contribution in [0.15, 0.2) is 91.0 Å². The van der Waals surface area contributed by atoms with Crippen molar-refractivity contribution < 1.29 is 23.9 Å². The van der Waals surface area contributed by atoms with Gasteiger partial charge in [-0.2, -0.15) is 0 Å². The maximum Gasteiger partial charge on any atom is 0.321 e. The number of benzene rings is 3. The van der Waals surface area contributed by atoms with Crippen molar-refractivity contribution in [1.29, 1.82) is 0 Å². The van der Waals surface area contributed by atoms with E-state index in [4.69, 9.17) is 9.47 Å². The van der Waals surface area contributed by atoms with Crippen LogP contribution in [-0.2, 0) is 34.7 Å². The van der Waals surface area contributed by atoms with Gasteiger partial charge in [-0.1, -0.05) is 165 Å². The minimum Gasteiger partial charge on any atom is -0.461 e. The van der Waals surface area contributed by atoms with Crippen LogP contribution in [0.1, 0.15) is 135 Å². The molecule has 0 spiro atoms. The summed E-state index contributed by atoms with van der Waals surface area (Å²) in [4.78, 5) is 44.3. The number of rotatable bonds is 15. The lowest BCUT2D eigenvalue weighted by Gasteiger charge is -2.45. The number of ether oxygens (including phenoxy) is 2. The van der Waals surface area contributed by atoms with Gasteiger partial charge in [0.25, 0.3) is 0 Å². The van der Waals surface area contributed by atoms with Crippen LogP contribution in [0.4, 0.5) is 0 Å². The smallest absolute Gasteiger partial charge is 0.321 e. The van der Waals surface area contributed by atoms with E-state index in [9.17, 15) is 14.4 Å². The molecule has 0 saturated heterocycles. The molecule has 0 radical (unpaired) electrons. The maximum absolute atomic E-state index is 14.9. The molecule has 0 aliphatic heterocycles. The van der Waals surface area contributed by atoms with E-state index in [-0.39, 0.29) is 28.4 Å². The first-order chi connectivity index (χ1) is 25.3. The summed E-state index contributed by atoms with van der Waals surface area (Å²) in [5.41, 5.74) is 2.51. The van der Waals surface area contributed by atoms with Crippen molar-refractivity contribution in [3.05, 3.63) is 108 Å². The minimum absolute atomic E-state index is 0.0485. The molecule has 2 aliphatic rings. The largest absolute Gasteiger partial charge is 0.461 e. The molecular weight excluding hydrogens is 657 g/mol. The predicted molar refractivity (Wildman–Crippen MR) is 214 cm³/mol. The van der Waals surface area contributed by atoms with Gasteiger partial charge >= 0.3 is 11.9 Å². The van der Waals surface area contributed by atoms with Gasteiger partial charge in [-0.05, 0) is 71.5 Å². The molecule has 0 bridgehead atoms. The van der Waals surface area contributed by atoms with E-state index < -0.39 is 36.0 Å². The normalized spacial score (nSPS) is 24.3. The fraction of sp³-hybridized carbons (Fsp3) is 0.562. The lowest BCUT2D eigenvalue weighted by Crippen LogP contribution is -2.48. The molecule has 5 rings (SSSR count). The van der Waals surface area contributed by atoms with Crippen LogP contribution in [0.5, 0.6) is 0 Å². The molecule has 0 amide bonds. The fourth-order valence-corrected chi connectivity index (χ4v) is 9.48. The lowest BCUT2D eigenvalue weighted by atomic mass is 9.64.